The van der Waals surface area contributed by atoms with E-state index >= 15 is 0 Å². The van der Waals surface area contributed by atoms with E-state index in [1.54, 1.807) is 0 Å². The van der Waals surface area contributed by atoms with Crippen LogP contribution in [-0.2, 0) is 6.54 Å². The van der Waals surface area contributed by atoms with Crippen LogP contribution in [0.2, 0.25) is 0 Å². The van der Waals surface area contributed by atoms with Gasteiger partial charge < -0.3 is 10.6 Å². The lowest BCUT2D eigenvalue weighted by Crippen LogP contribution is -2.52. The van der Waals surface area contributed by atoms with E-state index in [1.807, 2.05) is 0 Å². The van der Waals surface area contributed by atoms with Gasteiger partial charge in [0.25, 0.3) is 0 Å². The number of rotatable bonds is 6. The Balaban J connectivity index is 2.25. The van der Waals surface area contributed by atoms with Gasteiger partial charge in [-0.1, -0.05) is 58.0 Å². The number of benzene rings is 1. The average molecular weight is 287 g/mol. The normalized spacial score (nSPS) is 17.6. The number of guanidine groups is 1. The summed E-state index contributed by atoms with van der Waals surface area (Å²) in [6.45, 7) is 10.8. The van der Waals surface area contributed by atoms with Crippen LogP contribution in [0, 0.1) is 11.8 Å². The first-order valence-electron chi connectivity index (χ1n) is 8.04. The molecule has 0 aromatic heterocycles. The summed E-state index contributed by atoms with van der Waals surface area (Å²) in [4.78, 5) is 6.94. The molecule has 0 spiro atoms. The molecular weight excluding hydrogens is 258 g/mol. The second kappa shape index (κ2) is 6.50. The van der Waals surface area contributed by atoms with Crippen molar-refractivity contribution < 1.29 is 0 Å². The Bertz CT molecular complexity index is 466. The van der Waals surface area contributed by atoms with Gasteiger partial charge in [0.15, 0.2) is 5.96 Å². The quantitative estimate of drug-likeness (QED) is 0.867. The minimum atomic E-state index is 0.0856. The third kappa shape index (κ3) is 3.78. The van der Waals surface area contributed by atoms with Gasteiger partial charge in [-0.15, -0.1) is 0 Å². The van der Waals surface area contributed by atoms with Gasteiger partial charge in [-0.3, -0.25) is 4.99 Å². The third-order valence-electron chi connectivity index (χ3n) is 4.14. The fraction of sp³-hybridized carbons (Fsp3) is 0.611. The number of aliphatic imine (C=N–C) groups is 1. The first kappa shape index (κ1) is 15.9. The third-order valence-corrected chi connectivity index (χ3v) is 4.14. The maximum atomic E-state index is 6.23. The first-order chi connectivity index (χ1) is 9.93. The predicted octanol–water partition coefficient (Wildman–Crippen LogP) is 3.65. The van der Waals surface area contributed by atoms with Gasteiger partial charge in [-0.05, 0) is 30.2 Å². The SMILES string of the molecule is CC(C)CC1(CC(C)C)CN=C(N)N1Cc1ccccc1. The van der Waals surface area contributed by atoms with Crippen molar-refractivity contribution in [2.24, 2.45) is 22.6 Å². The summed E-state index contributed by atoms with van der Waals surface area (Å²) in [7, 11) is 0. The van der Waals surface area contributed by atoms with Gasteiger partial charge in [0, 0.05) is 6.54 Å². The summed E-state index contributed by atoms with van der Waals surface area (Å²) in [5.41, 5.74) is 7.62. The molecule has 1 aromatic carbocycles. The molecule has 0 saturated carbocycles. The van der Waals surface area contributed by atoms with Crippen LogP contribution in [0.25, 0.3) is 0 Å². The van der Waals surface area contributed by atoms with Crippen molar-refractivity contribution in [2.75, 3.05) is 6.54 Å². The molecule has 21 heavy (non-hydrogen) atoms. The van der Waals surface area contributed by atoms with Crippen molar-refractivity contribution in [1.29, 1.82) is 0 Å². The second-order valence-corrected chi connectivity index (χ2v) is 7.17. The van der Waals surface area contributed by atoms with Gasteiger partial charge in [0.2, 0.25) is 0 Å². The minimum Gasteiger partial charge on any atom is -0.370 e. The Kier molecular flexibility index (Phi) is 4.92. The minimum absolute atomic E-state index is 0.0856. The highest BCUT2D eigenvalue weighted by Crippen LogP contribution is 2.36. The monoisotopic (exact) mass is 287 g/mol. The highest BCUT2D eigenvalue weighted by Gasteiger charge is 2.42. The van der Waals surface area contributed by atoms with Crippen LogP contribution in [0.4, 0.5) is 0 Å². The average Bonchev–Trinajstić information content (AvgIpc) is 2.68. The van der Waals surface area contributed by atoms with E-state index in [0.29, 0.717) is 17.8 Å². The Morgan fingerprint density at radius 3 is 2.19 bits per heavy atom. The van der Waals surface area contributed by atoms with Crippen LogP contribution in [0.5, 0.6) is 0 Å². The molecule has 0 atom stereocenters. The van der Waals surface area contributed by atoms with E-state index in [1.165, 1.54) is 5.56 Å². The largest absolute Gasteiger partial charge is 0.370 e. The summed E-state index contributed by atoms with van der Waals surface area (Å²) in [5, 5.41) is 0. The Morgan fingerprint density at radius 2 is 1.67 bits per heavy atom. The first-order valence-corrected chi connectivity index (χ1v) is 8.04. The zero-order chi connectivity index (χ0) is 15.5. The molecule has 1 aliphatic rings. The molecule has 1 heterocycles. The van der Waals surface area contributed by atoms with E-state index in [-0.39, 0.29) is 5.54 Å². The predicted molar refractivity (Wildman–Crippen MR) is 90.1 cm³/mol. The lowest BCUT2D eigenvalue weighted by atomic mass is 9.81. The maximum absolute atomic E-state index is 6.23. The highest BCUT2D eigenvalue weighted by molar-refractivity contribution is 5.81. The Morgan fingerprint density at radius 1 is 1.10 bits per heavy atom. The molecule has 1 aromatic rings. The van der Waals surface area contributed by atoms with Crippen LogP contribution in [0.15, 0.2) is 35.3 Å². The van der Waals surface area contributed by atoms with Crippen molar-refractivity contribution in [3.8, 4) is 0 Å². The molecule has 0 bridgehead atoms. The van der Waals surface area contributed by atoms with Gasteiger partial charge in [-0.2, -0.15) is 0 Å². The summed E-state index contributed by atoms with van der Waals surface area (Å²) in [6.07, 6.45) is 2.28. The standard InChI is InChI=1S/C18H29N3/c1-14(2)10-18(11-15(3)4)13-20-17(19)21(18)12-16-8-6-5-7-9-16/h5-9,14-15H,10-13H2,1-4H3,(H2,19,20). The number of nitrogens with zero attached hydrogens (tertiary/aromatic N) is 2. The van der Waals surface area contributed by atoms with Gasteiger partial charge in [0.05, 0.1) is 12.1 Å². The van der Waals surface area contributed by atoms with Gasteiger partial charge >= 0.3 is 0 Å². The van der Waals surface area contributed by atoms with Crippen molar-refractivity contribution in [1.82, 2.24) is 4.90 Å². The van der Waals surface area contributed by atoms with Crippen LogP contribution in [-0.4, -0.2) is 22.9 Å². The summed E-state index contributed by atoms with van der Waals surface area (Å²) in [5.74, 6) is 1.99. The molecule has 0 fully saturated rings. The zero-order valence-electron chi connectivity index (χ0n) is 13.8. The molecule has 2 N–H and O–H groups in total. The van der Waals surface area contributed by atoms with Crippen molar-refractivity contribution in [3.63, 3.8) is 0 Å². The molecule has 0 aliphatic carbocycles. The smallest absolute Gasteiger partial charge is 0.192 e. The van der Waals surface area contributed by atoms with E-state index in [0.717, 1.165) is 25.9 Å². The fourth-order valence-corrected chi connectivity index (χ4v) is 3.61. The van der Waals surface area contributed by atoms with Crippen molar-refractivity contribution in [3.05, 3.63) is 35.9 Å². The van der Waals surface area contributed by atoms with Crippen molar-refractivity contribution in [2.45, 2.75) is 52.6 Å². The molecule has 3 nitrogen and oxygen atoms in total. The van der Waals surface area contributed by atoms with E-state index in [9.17, 15) is 0 Å². The molecule has 2 rings (SSSR count). The molecule has 0 amide bonds. The fourth-order valence-electron chi connectivity index (χ4n) is 3.61. The van der Waals surface area contributed by atoms with Crippen LogP contribution in [0.3, 0.4) is 0 Å². The van der Waals surface area contributed by atoms with Crippen molar-refractivity contribution >= 4 is 5.96 Å². The molecular formula is C18H29N3. The van der Waals surface area contributed by atoms with Crippen LogP contribution < -0.4 is 5.73 Å². The Labute approximate surface area is 129 Å². The van der Waals surface area contributed by atoms with E-state index in [4.69, 9.17) is 5.73 Å². The topological polar surface area (TPSA) is 41.6 Å². The molecule has 0 saturated heterocycles. The molecule has 1 aliphatic heterocycles. The highest BCUT2D eigenvalue weighted by atomic mass is 15.4. The number of hydrogen-bond donors (Lipinski definition) is 1. The lowest BCUT2D eigenvalue weighted by Gasteiger charge is -2.42. The molecule has 3 heteroatoms. The number of nitrogens with two attached hydrogens (primary N) is 1. The van der Waals surface area contributed by atoms with Gasteiger partial charge in [0.1, 0.15) is 0 Å². The molecule has 0 radical (unpaired) electrons. The molecule has 116 valence electrons. The Hall–Kier alpha value is -1.51. The van der Waals surface area contributed by atoms with Crippen LogP contribution >= 0.6 is 0 Å². The van der Waals surface area contributed by atoms with E-state index < -0.39 is 0 Å². The van der Waals surface area contributed by atoms with E-state index in [2.05, 4.69) is 67.9 Å². The summed E-state index contributed by atoms with van der Waals surface area (Å²) < 4.78 is 0. The molecule has 0 unspecified atom stereocenters. The van der Waals surface area contributed by atoms with Gasteiger partial charge in [-0.25, -0.2) is 0 Å². The lowest BCUT2D eigenvalue weighted by molar-refractivity contribution is 0.130. The number of hydrogen-bond acceptors (Lipinski definition) is 3. The zero-order valence-corrected chi connectivity index (χ0v) is 13.8. The second-order valence-electron chi connectivity index (χ2n) is 7.17. The summed E-state index contributed by atoms with van der Waals surface area (Å²) in [6, 6.07) is 10.6. The summed E-state index contributed by atoms with van der Waals surface area (Å²) >= 11 is 0. The maximum Gasteiger partial charge on any atom is 0.192 e. The van der Waals surface area contributed by atoms with Crippen LogP contribution in [0.1, 0.15) is 46.1 Å².